The molecule has 0 saturated heterocycles. The molecule has 132 valence electrons. The molecule has 1 aromatic carbocycles. The number of hydrogen-bond acceptors (Lipinski definition) is 4. The number of benzene rings is 1. The summed E-state index contributed by atoms with van der Waals surface area (Å²) in [7, 11) is 0. The first kappa shape index (κ1) is 19.1. The van der Waals surface area contributed by atoms with E-state index in [9.17, 15) is 9.18 Å². The first-order chi connectivity index (χ1) is 11.7. The molecule has 0 bridgehead atoms. The summed E-state index contributed by atoms with van der Waals surface area (Å²) in [6.07, 6.45) is 2.49. The number of carbonyl (C=O) groups is 1. The molecule has 0 aromatic heterocycles. The second-order valence-electron chi connectivity index (χ2n) is 5.52. The molecule has 1 unspecified atom stereocenters. The lowest BCUT2D eigenvalue weighted by Gasteiger charge is -2.18. The number of carbonyl (C=O) groups excluding carboxylic acids is 1. The van der Waals surface area contributed by atoms with Crippen LogP contribution < -0.4 is 10.3 Å². The maximum atomic E-state index is 14.8. The lowest BCUT2D eigenvalue weighted by molar-refractivity contribution is -0.116. The van der Waals surface area contributed by atoms with Gasteiger partial charge >= 0.3 is 0 Å². The highest BCUT2D eigenvalue weighted by atomic mass is 35.5. The van der Waals surface area contributed by atoms with Crippen LogP contribution in [-0.2, 0) is 4.79 Å². The molecule has 0 spiro atoms. The van der Waals surface area contributed by atoms with Crippen molar-refractivity contribution in [1.29, 1.82) is 0 Å². The minimum Gasteiger partial charge on any atom is -0.306 e. The molecular formula is C16H16Cl2FN5O. The zero-order valence-electron chi connectivity index (χ0n) is 13.6. The summed E-state index contributed by atoms with van der Waals surface area (Å²) in [5, 5.41) is 8.75. The molecule has 1 atom stereocenters. The van der Waals surface area contributed by atoms with Gasteiger partial charge in [-0.2, -0.15) is 5.10 Å². The molecule has 9 heteroatoms. The number of amides is 1. The van der Waals surface area contributed by atoms with Crippen molar-refractivity contribution in [2.24, 2.45) is 15.1 Å². The van der Waals surface area contributed by atoms with E-state index in [-0.39, 0.29) is 18.0 Å². The summed E-state index contributed by atoms with van der Waals surface area (Å²) in [5.74, 6) is -0.609. The Balaban J connectivity index is 2.19. The van der Waals surface area contributed by atoms with E-state index in [1.54, 1.807) is 18.2 Å². The van der Waals surface area contributed by atoms with E-state index in [4.69, 9.17) is 23.2 Å². The molecule has 1 N–H and O–H groups in total. The average Bonchev–Trinajstić information content (AvgIpc) is 2.85. The maximum Gasteiger partial charge on any atom is 0.253 e. The first-order valence-corrected chi connectivity index (χ1v) is 7.96. The number of hydrazone groups is 1. The van der Waals surface area contributed by atoms with Gasteiger partial charge in [-0.1, -0.05) is 23.2 Å². The topological polar surface area (TPSA) is 69.4 Å². The highest BCUT2D eigenvalue weighted by Crippen LogP contribution is 2.31. The number of rotatable bonds is 4. The van der Waals surface area contributed by atoms with Crippen LogP contribution in [0.15, 0.2) is 45.1 Å². The molecule has 1 aromatic rings. The Morgan fingerprint density at radius 3 is 2.84 bits per heavy atom. The van der Waals surface area contributed by atoms with Crippen LogP contribution in [0.4, 0.5) is 10.1 Å². The second kappa shape index (κ2) is 7.76. The number of nitrogens with one attached hydrogen (secondary N) is 1. The van der Waals surface area contributed by atoms with Crippen molar-refractivity contribution >= 4 is 53.7 Å². The van der Waals surface area contributed by atoms with Gasteiger partial charge in [0.25, 0.3) is 5.91 Å². The molecule has 0 aliphatic carbocycles. The molecule has 0 saturated carbocycles. The van der Waals surface area contributed by atoms with Crippen LogP contribution in [0.1, 0.15) is 13.8 Å². The van der Waals surface area contributed by atoms with Crippen LogP contribution in [0.3, 0.4) is 0 Å². The number of amidine groups is 1. The Kier molecular flexibility index (Phi) is 5.92. The fraction of sp³-hybridized carbons (Fsp3) is 0.250. The molecule has 0 radical (unpaired) electrons. The van der Waals surface area contributed by atoms with Crippen LogP contribution in [0.5, 0.6) is 0 Å². The van der Waals surface area contributed by atoms with Gasteiger partial charge in [0.05, 0.1) is 22.3 Å². The normalized spacial score (nSPS) is 20.8. The molecule has 2 rings (SSSR count). The number of aliphatic imine (C=N–C) groups is 2. The second-order valence-corrected chi connectivity index (χ2v) is 6.33. The highest BCUT2D eigenvalue weighted by Gasteiger charge is 2.40. The SMILES string of the molecule is C=N/C=N\C=C(/C)C(=O)NC1=NN(c2ccc(Cl)c(Cl)c2)CC1(C)F. The van der Waals surface area contributed by atoms with Gasteiger partial charge < -0.3 is 5.32 Å². The van der Waals surface area contributed by atoms with Crippen molar-refractivity contribution in [2.45, 2.75) is 19.5 Å². The molecular weight excluding hydrogens is 368 g/mol. The zero-order valence-corrected chi connectivity index (χ0v) is 15.1. The Morgan fingerprint density at radius 1 is 1.48 bits per heavy atom. The summed E-state index contributed by atoms with van der Waals surface area (Å²) in [5.41, 5.74) is -1.00. The number of halogens is 3. The van der Waals surface area contributed by atoms with Crippen molar-refractivity contribution in [3.8, 4) is 0 Å². The Bertz CT molecular complexity index is 789. The van der Waals surface area contributed by atoms with Gasteiger partial charge in [0.1, 0.15) is 6.34 Å². The lowest BCUT2D eigenvalue weighted by Crippen LogP contribution is -2.44. The number of anilines is 1. The summed E-state index contributed by atoms with van der Waals surface area (Å²) in [6, 6.07) is 4.84. The maximum absolute atomic E-state index is 14.8. The molecule has 1 heterocycles. The molecule has 1 amide bonds. The van der Waals surface area contributed by atoms with Crippen LogP contribution in [0.2, 0.25) is 10.0 Å². The van der Waals surface area contributed by atoms with Crippen molar-refractivity contribution < 1.29 is 9.18 Å². The van der Waals surface area contributed by atoms with Crippen molar-refractivity contribution in [3.63, 3.8) is 0 Å². The van der Waals surface area contributed by atoms with Crippen LogP contribution in [0, 0.1) is 0 Å². The third-order valence-corrected chi connectivity index (χ3v) is 4.11. The van der Waals surface area contributed by atoms with Crippen molar-refractivity contribution in [3.05, 3.63) is 40.0 Å². The molecule has 0 fully saturated rings. The van der Waals surface area contributed by atoms with E-state index in [2.05, 4.69) is 27.1 Å². The fourth-order valence-electron chi connectivity index (χ4n) is 2.02. The highest BCUT2D eigenvalue weighted by molar-refractivity contribution is 6.42. The van der Waals surface area contributed by atoms with Crippen molar-refractivity contribution in [2.75, 3.05) is 11.6 Å². The number of hydrogen-bond donors (Lipinski definition) is 1. The largest absolute Gasteiger partial charge is 0.306 e. The molecule has 1 aliphatic rings. The van der Waals surface area contributed by atoms with Gasteiger partial charge in [0.15, 0.2) is 11.5 Å². The van der Waals surface area contributed by atoms with Crippen molar-refractivity contribution in [1.82, 2.24) is 5.32 Å². The molecule has 25 heavy (non-hydrogen) atoms. The van der Waals surface area contributed by atoms with Crippen LogP contribution in [0.25, 0.3) is 0 Å². The summed E-state index contributed by atoms with van der Waals surface area (Å²) in [4.78, 5) is 19.3. The third-order valence-electron chi connectivity index (χ3n) is 3.37. The van der Waals surface area contributed by atoms with E-state index in [0.717, 1.165) is 0 Å². The monoisotopic (exact) mass is 383 g/mol. The van der Waals surface area contributed by atoms with E-state index in [1.165, 1.54) is 31.4 Å². The van der Waals surface area contributed by atoms with E-state index >= 15 is 0 Å². The van der Waals surface area contributed by atoms with Gasteiger partial charge in [-0.25, -0.2) is 9.38 Å². The van der Waals surface area contributed by atoms with Gasteiger partial charge in [-0.05, 0) is 38.8 Å². The van der Waals surface area contributed by atoms with E-state index in [0.29, 0.717) is 15.7 Å². The smallest absolute Gasteiger partial charge is 0.253 e. The zero-order chi connectivity index (χ0) is 18.6. The van der Waals surface area contributed by atoms with Crippen LogP contribution >= 0.6 is 23.2 Å². The van der Waals surface area contributed by atoms with E-state index < -0.39 is 11.6 Å². The number of alkyl halides is 1. The van der Waals surface area contributed by atoms with Gasteiger partial charge in [-0.3, -0.25) is 14.8 Å². The number of nitrogens with zero attached hydrogens (tertiary/aromatic N) is 4. The minimum atomic E-state index is -1.84. The van der Waals surface area contributed by atoms with Gasteiger partial charge in [-0.15, -0.1) is 0 Å². The third kappa shape index (κ3) is 4.64. The first-order valence-electron chi connectivity index (χ1n) is 7.21. The summed E-state index contributed by atoms with van der Waals surface area (Å²) < 4.78 is 14.8. The van der Waals surface area contributed by atoms with Gasteiger partial charge in [0.2, 0.25) is 0 Å². The minimum absolute atomic E-state index is 0.0676. The Labute approximate surface area is 154 Å². The quantitative estimate of drug-likeness (QED) is 0.490. The summed E-state index contributed by atoms with van der Waals surface area (Å²) in [6.45, 7) is 6.04. The standard InChI is InChI=1S/C16H16Cl2FN5O/c1-10(7-21-9-20-3)14(25)22-15-16(2,19)8-24(23-15)11-4-5-12(17)13(18)6-11/h4-7,9H,3,8H2,1-2H3,(H,22,23,25)/b10-7+,21-9-. The van der Waals surface area contributed by atoms with E-state index in [1.807, 2.05) is 0 Å². The van der Waals surface area contributed by atoms with Crippen LogP contribution in [-0.4, -0.2) is 37.0 Å². The lowest BCUT2D eigenvalue weighted by atomic mass is 10.1. The Morgan fingerprint density at radius 2 is 2.20 bits per heavy atom. The predicted octanol–water partition coefficient (Wildman–Crippen LogP) is 3.60. The molecule has 6 nitrogen and oxygen atoms in total. The summed E-state index contributed by atoms with van der Waals surface area (Å²) >= 11 is 11.9. The average molecular weight is 384 g/mol. The fourth-order valence-corrected chi connectivity index (χ4v) is 2.32. The Hall–Kier alpha value is -2.25. The predicted molar refractivity (Wildman–Crippen MR) is 101 cm³/mol. The molecule has 1 aliphatic heterocycles. The van der Waals surface area contributed by atoms with Gasteiger partial charge in [0, 0.05) is 11.8 Å².